The lowest BCUT2D eigenvalue weighted by Gasteiger charge is -2.27. The number of carbonyl (C=O) groups is 1. The smallest absolute Gasteiger partial charge is 0.274 e. The number of rotatable bonds is 5. The van der Waals surface area contributed by atoms with Crippen LogP contribution in [0, 0.1) is 0 Å². The molecular formula is C20H22N4O4S. The van der Waals surface area contributed by atoms with E-state index in [4.69, 9.17) is 4.74 Å². The molecule has 3 aromatic rings. The number of nitrogens with zero attached hydrogens (tertiary/aromatic N) is 3. The van der Waals surface area contributed by atoms with E-state index < -0.39 is 10.0 Å². The fourth-order valence-corrected chi connectivity index (χ4v) is 4.47. The van der Waals surface area contributed by atoms with Gasteiger partial charge in [0.2, 0.25) is 0 Å². The maximum absolute atomic E-state index is 13.0. The largest absolute Gasteiger partial charge is 0.378 e. The third kappa shape index (κ3) is 3.83. The summed E-state index contributed by atoms with van der Waals surface area (Å²) in [6.45, 7) is 4.15. The van der Waals surface area contributed by atoms with Crippen molar-refractivity contribution < 1.29 is 17.9 Å². The number of ether oxygens (including phenoxy) is 1. The summed E-state index contributed by atoms with van der Waals surface area (Å²) < 4.78 is 35.4. The molecule has 0 radical (unpaired) electrons. The van der Waals surface area contributed by atoms with Crippen molar-refractivity contribution in [2.24, 2.45) is 0 Å². The van der Waals surface area contributed by atoms with Crippen LogP contribution in [0.25, 0.3) is 10.8 Å². The summed E-state index contributed by atoms with van der Waals surface area (Å²) in [6, 6.07) is 12.5. The first-order chi connectivity index (χ1) is 14.0. The summed E-state index contributed by atoms with van der Waals surface area (Å²) in [5.41, 5.74) is 0.412. The molecule has 9 heteroatoms. The molecule has 1 aliphatic heterocycles. The SMILES string of the molecule is CCn1ncc(NS(=O)(=O)c2ccc3ccccc3c2)c1C(=O)N1CCOCC1. The molecule has 1 fully saturated rings. The maximum atomic E-state index is 13.0. The molecule has 1 saturated heterocycles. The highest BCUT2D eigenvalue weighted by atomic mass is 32.2. The predicted molar refractivity (Wildman–Crippen MR) is 109 cm³/mol. The Morgan fingerprint density at radius 3 is 2.59 bits per heavy atom. The maximum Gasteiger partial charge on any atom is 0.274 e. The minimum atomic E-state index is -3.89. The van der Waals surface area contributed by atoms with Crippen LogP contribution in [0.3, 0.4) is 0 Å². The molecule has 1 aliphatic rings. The van der Waals surface area contributed by atoms with E-state index in [1.165, 1.54) is 10.9 Å². The van der Waals surface area contributed by atoms with Gasteiger partial charge < -0.3 is 9.64 Å². The zero-order valence-corrected chi connectivity index (χ0v) is 16.9. The number of aromatic nitrogens is 2. The van der Waals surface area contributed by atoms with Crippen molar-refractivity contribution in [2.45, 2.75) is 18.4 Å². The molecule has 0 aliphatic carbocycles. The second-order valence-electron chi connectivity index (χ2n) is 6.74. The first-order valence-electron chi connectivity index (χ1n) is 9.44. The van der Waals surface area contributed by atoms with Crippen LogP contribution < -0.4 is 4.72 Å². The molecule has 0 bridgehead atoms. The molecule has 1 N–H and O–H groups in total. The predicted octanol–water partition coefficient (Wildman–Crippen LogP) is 2.33. The van der Waals surface area contributed by atoms with E-state index in [0.29, 0.717) is 32.8 Å². The van der Waals surface area contributed by atoms with E-state index in [2.05, 4.69) is 9.82 Å². The number of amides is 1. The van der Waals surface area contributed by atoms with Gasteiger partial charge in [-0.15, -0.1) is 0 Å². The van der Waals surface area contributed by atoms with Crippen LogP contribution in [0.1, 0.15) is 17.4 Å². The Balaban J connectivity index is 1.67. The van der Waals surface area contributed by atoms with E-state index in [0.717, 1.165) is 10.8 Å². The van der Waals surface area contributed by atoms with E-state index in [-0.39, 0.29) is 22.2 Å². The lowest BCUT2D eigenvalue weighted by Crippen LogP contribution is -2.41. The van der Waals surface area contributed by atoms with Crippen molar-refractivity contribution in [3.63, 3.8) is 0 Å². The fourth-order valence-electron chi connectivity index (χ4n) is 3.38. The Hall–Kier alpha value is -2.91. The average Bonchev–Trinajstić information content (AvgIpc) is 3.15. The van der Waals surface area contributed by atoms with Crippen LogP contribution in [0.5, 0.6) is 0 Å². The number of fused-ring (bicyclic) bond motifs is 1. The zero-order chi connectivity index (χ0) is 20.4. The zero-order valence-electron chi connectivity index (χ0n) is 16.0. The monoisotopic (exact) mass is 414 g/mol. The summed E-state index contributed by atoms with van der Waals surface area (Å²) >= 11 is 0. The molecule has 2 aromatic carbocycles. The van der Waals surface area contributed by atoms with E-state index in [1.807, 2.05) is 31.2 Å². The van der Waals surface area contributed by atoms with Crippen molar-refractivity contribution in [1.82, 2.24) is 14.7 Å². The summed E-state index contributed by atoms with van der Waals surface area (Å²) in [7, 11) is -3.89. The van der Waals surface area contributed by atoms with Gasteiger partial charge in [-0.25, -0.2) is 8.42 Å². The number of benzene rings is 2. The minimum absolute atomic E-state index is 0.130. The Bertz CT molecular complexity index is 1150. The minimum Gasteiger partial charge on any atom is -0.378 e. The number of aryl methyl sites for hydroxylation is 1. The van der Waals surface area contributed by atoms with Crippen LogP contribution in [-0.4, -0.2) is 55.3 Å². The number of hydrogen-bond donors (Lipinski definition) is 1. The van der Waals surface area contributed by atoms with Gasteiger partial charge in [0.25, 0.3) is 15.9 Å². The Labute approximate surface area is 169 Å². The standard InChI is InChI=1S/C20H22N4O4S/c1-2-24-19(20(25)23-9-11-28-12-10-23)18(14-21-24)22-29(26,27)17-8-7-15-5-3-4-6-16(15)13-17/h3-8,13-14,22H,2,9-12H2,1H3. The van der Waals surface area contributed by atoms with Gasteiger partial charge in [0, 0.05) is 19.6 Å². The number of anilines is 1. The molecule has 8 nitrogen and oxygen atoms in total. The third-order valence-corrected chi connectivity index (χ3v) is 6.28. The lowest BCUT2D eigenvalue weighted by atomic mass is 10.1. The van der Waals surface area contributed by atoms with Gasteiger partial charge in [0.15, 0.2) is 5.69 Å². The first-order valence-corrected chi connectivity index (χ1v) is 10.9. The molecular weight excluding hydrogens is 392 g/mol. The molecule has 152 valence electrons. The molecule has 2 heterocycles. The average molecular weight is 414 g/mol. The first kappa shape index (κ1) is 19.4. The van der Waals surface area contributed by atoms with Crippen LogP contribution in [0.2, 0.25) is 0 Å². The molecule has 4 rings (SSSR count). The molecule has 29 heavy (non-hydrogen) atoms. The normalized spacial score (nSPS) is 14.9. The molecule has 0 saturated carbocycles. The summed E-state index contributed by atoms with van der Waals surface area (Å²) in [5, 5.41) is 5.96. The highest BCUT2D eigenvalue weighted by Gasteiger charge is 2.27. The number of hydrogen-bond acceptors (Lipinski definition) is 5. The molecule has 0 atom stereocenters. The Morgan fingerprint density at radius 1 is 1.14 bits per heavy atom. The summed E-state index contributed by atoms with van der Waals surface area (Å²) in [6.07, 6.45) is 1.38. The number of nitrogens with one attached hydrogen (secondary N) is 1. The number of morpholine rings is 1. The van der Waals surface area contributed by atoms with Crippen molar-refractivity contribution >= 4 is 32.4 Å². The molecule has 0 spiro atoms. The van der Waals surface area contributed by atoms with Gasteiger partial charge >= 0.3 is 0 Å². The Morgan fingerprint density at radius 2 is 1.86 bits per heavy atom. The van der Waals surface area contributed by atoms with E-state index in [1.54, 1.807) is 23.1 Å². The highest BCUT2D eigenvalue weighted by molar-refractivity contribution is 7.92. The molecule has 1 amide bonds. The number of sulfonamides is 1. The van der Waals surface area contributed by atoms with Crippen LogP contribution in [0.4, 0.5) is 5.69 Å². The fraction of sp³-hybridized carbons (Fsp3) is 0.300. The lowest BCUT2D eigenvalue weighted by molar-refractivity contribution is 0.0295. The second kappa shape index (κ2) is 7.84. The third-order valence-electron chi connectivity index (χ3n) is 4.92. The van der Waals surface area contributed by atoms with Gasteiger partial charge in [-0.1, -0.05) is 30.3 Å². The Kier molecular flexibility index (Phi) is 5.25. The van der Waals surface area contributed by atoms with Gasteiger partial charge in [0.05, 0.1) is 30.0 Å². The highest BCUT2D eigenvalue weighted by Crippen LogP contribution is 2.24. The van der Waals surface area contributed by atoms with Crippen molar-refractivity contribution in [3.05, 3.63) is 54.4 Å². The van der Waals surface area contributed by atoms with Crippen LogP contribution in [-0.2, 0) is 21.3 Å². The van der Waals surface area contributed by atoms with Crippen molar-refractivity contribution in [2.75, 3.05) is 31.0 Å². The van der Waals surface area contributed by atoms with Crippen LogP contribution >= 0.6 is 0 Å². The van der Waals surface area contributed by atoms with Crippen LogP contribution in [0.15, 0.2) is 53.6 Å². The number of carbonyl (C=O) groups excluding carboxylic acids is 1. The molecule has 1 aromatic heterocycles. The van der Waals surface area contributed by atoms with Gasteiger partial charge in [0.1, 0.15) is 0 Å². The summed E-state index contributed by atoms with van der Waals surface area (Å²) in [4.78, 5) is 14.8. The van der Waals surface area contributed by atoms with Crippen molar-refractivity contribution in [3.8, 4) is 0 Å². The van der Waals surface area contributed by atoms with Gasteiger partial charge in [-0.05, 0) is 29.8 Å². The second-order valence-corrected chi connectivity index (χ2v) is 8.42. The van der Waals surface area contributed by atoms with E-state index >= 15 is 0 Å². The summed E-state index contributed by atoms with van der Waals surface area (Å²) in [5.74, 6) is -0.260. The van der Waals surface area contributed by atoms with Crippen molar-refractivity contribution in [1.29, 1.82) is 0 Å². The molecule has 0 unspecified atom stereocenters. The van der Waals surface area contributed by atoms with Gasteiger partial charge in [-0.3, -0.25) is 14.2 Å². The van der Waals surface area contributed by atoms with E-state index in [9.17, 15) is 13.2 Å². The van der Waals surface area contributed by atoms with Gasteiger partial charge in [-0.2, -0.15) is 5.10 Å². The topological polar surface area (TPSA) is 93.5 Å². The quantitative estimate of drug-likeness (QED) is 0.692.